The molecule has 0 saturated carbocycles. The second-order valence-electron chi connectivity index (χ2n) is 5.73. The Balaban J connectivity index is 1.75. The normalized spacial score (nSPS) is 10.6. The van der Waals surface area contributed by atoms with E-state index in [0.717, 1.165) is 4.47 Å². The fourth-order valence-corrected chi connectivity index (χ4v) is 3.44. The van der Waals surface area contributed by atoms with Gasteiger partial charge >= 0.3 is 0 Å². The molecule has 0 aliphatic heterocycles. The summed E-state index contributed by atoms with van der Waals surface area (Å²) >= 11 is 4.54. The topological polar surface area (TPSA) is 83.7 Å². The van der Waals surface area contributed by atoms with E-state index in [4.69, 9.17) is 18.6 Å². The molecule has 3 aromatic rings. The molecule has 29 heavy (non-hydrogen) atoms. The van der Waals surface area contributed by atoms with Crippen molar-refractivity contribution in [2.45, 2.75) is 12.1 Å². The van der Waals surface area contributed by atoms with Gasteiger partial charge in [0, 0.05) is 15.6 Å². The predicted molar refractivity (Wildman–Crippen MR) is 113 cm³/mol. The first-order chi connectivity index (χ1) is 14.0. The Bertz CT molecular complexity index is 966. The lowest BCUT2D eigenvalue weighted by Crippen LogP contribution is -2.01. The first kappa shape index (κ1) is 21.2. The van der Waals surface area contributed by atoms with Gasteiger partial charge in [-0.1, -0.05) is 39.8 Å². The Kier molecular flexibility index (Phi) is 7.16. The number of ketones is 1. The van der Waals surface area contributed by atoms with Crippen LogP contribution in [0.5, 0.6) is 17.2 Å². The van der Waals surface area contributed by atoms with Crippen LogP contribution in [0.4, 0.5) is 0 Å². The van der Waals surface area contributed by atoms with Crippen LogP contribution in [0.1, 0.15) is 17.3 Å². The molecule has 0 bridgehead atoms. The summed E-state index contributed by atoms with van der Waals surface area (Å²) < 4.78 is 23.0. The average Bonchev–Trinajstić information content (AvgIpc) is 3.22. The number of methoxy groups -OCH3 is 2. The summed E-state index contributed by atoms with van der Waals surface area (Å²) in [7, 11) is 3.09. The highest BCUT2D eigenvalue weighted by Gasteiger charge is 2.18. The highest BCUT2D eigenvalue weighted by atomic mass is 79.9. The number of halogens is 1. The van der Waals surface area contributed by atoms with Crippen molar-refractivity contribution < 1.29 is 23.4 Å². The van der Waals surface area contributed by atoms with Gasteiger partial charge < -0.3 is 18.6 Å². The Morgan fingerprint density at radius 2 is 1.76 bits per heavy atom. The van der Waals surface area contributed by atoms with Crippen molar-refractivity contribution in [2.24, 2.45) is 0 Å². The van der Waals surface area contributed by atoms with E-state index in [0.29, 0.717) is 46.1 Å². The van der Waals surface area contributed by atoms with Gasteiger partial charge in [0.2, 0.25) is 11.6 Å². The fraction of sp³-hybridized carbons (Fsp3) is 0.250. The third-order valence-corrected chi connectivity index (χ3v) is 5.24. The maximum absolute atomic E-state index is 12.3. The van der Waals surface area contributed by atoms with Gasteiger partial charge in [-0.15, -0.1) is 10.2 Å². The van der Waals surface area contributed by atoms with Crippen molar-refractivity contribution in [3.05, 3.63) is 46.4 Å². The molecule has 0 spiro atoms. The molecule has 0 saturated heterocycles. The van der Waals surface area contributed by atoms with Gasteiger partial charge in [0.05, 0.1) is 26.6 Å². The minimum atomic E-state index is -0.0216. The first-order valence-corrected chi connectivity index (χ1v) is 10.5. The van der Waals surface area contributed by atoms with E-state index in [2.05, 4.69) is 26.1 Å². The molecule has 0 aliphatic rings. The van der Waals surface area contributed by atoms with Gasteiger partial charge in [0.15, 0.2) is 17.3 Å². The van der Waals surface area contributed by atoms with Crippen LogP contribution >= 0.6 is 27.7 Å². The lowest BCUT2D eigenvalue weighted by Gasteiger charge is -2.14. The molecule has 0 N–H and O–H groups in total. The number of Topliss-reactive ketones (excluding diaryl/α,β-unsaturated/α-hetero) is 1. The molecule has 3 rings (SSSR count). The molecular weight excluding hydrogens is 460 g/mol. The lowest BCUT2D eigenvalue weighted by molar-refractivity contribution is 0.102. The highest BCUT2D eigenvalue weighted by molar-refractivity contribution is 9.10. The summed E-state index contributed by atoms with van der Waals surface area (Å²) in [6, 6.07) is 10.7. The van der Waals surface area contributed by atoms with E-state index >= 15 is 0 Å². The van der Waals surface area contributed by atoms with Gasteiger partial charge in [-0.05, 0) is 31.2 Å². The number of carbonyl (C=O) groups excluding carboxylic acids is 1. The largest absolute Gasteiger partial charge is 0.493 e. The molecule has 1 heterocycles. The van der Waals surface area contributed by atoms with Crippen LogP contribution in [0.3, 0.4) is 0 Å². The number of thioether (sulfide) groups is 1. The zero-order chi connectivity index (χ0) is 20.8. The second-order valence-corrected chi connectivity index (χ2v) is 7.58. The third-order valence-electron chi connectivity index (χ3n) is 3.90. The number of rotatable bonds is 9. The molecule has 152 valence electrons. The van der Waals surface area contributed by atoms with E-state index < -0.39 is 0 Å². The maximum atomic E-state index is 12.3. The van der Waals surface area contributed by atoms with Crippen LogP contribution in [0.25, 0.3) is 11.5 Å². The zero-order valence-corrected chi connectivity index (χ0v) is 18.5. The molecule has 2 aromatic carbocycles. The molecular formula is C20H19BrN2O5S. The van der Waals surface area contributed by atoms with E-state index in [1.54, 1.807) is 38.5 Å². The fourth-order valence-electron chi connectivity index (χ4n) is 2.52. The molecule has 0 atom stereocenters. The van der Waals surface area contributed by atoms with Crippen LogP contribution in [0.2, 0.25) is 0 Å². The molecule has 0 unspecified atom stereocenters. The molecule has 0 aliphatic carbocycles. The average molecular weight is 479 g/mol. The Hall–Kier alpha value is -2.52. The summed E-state index contributed by atoms with van der Waals surface area (Å²) in [5.74, 6) is 1.97. The molecule has 0 fully saturated rings. The Morgan fingerprint density at radius 3 is 2.34 bits per heavy atom. The number of benzene rings is 2. The monoisotopic (exact) mass is 478 g/mol. The van der Waals surface area contributed by atoms with E-state index in [9.17, 15) is 4.79 Å². The minimum absolute atomic E-state index is 0.0216. The summed E-state index contributed by atoms with van der Waals surface area (Å²) in [4.78, 5) is 12.3. The lowest BCUT2D eigenvalue weighted by atomic mass is 10.2. The summed E-state index contributed by atoms with van der Waals surface area (Å²) in [6.45, 7) is 2.35. The number of ether oxygens (including phenoxy) is 3. The van der Waals surface area contributed by atoms with Crippen molar-refractivity contribution in [1.29, 1.82) is 0 Å². The number of aromatic nitrogens is 2. The van der Waals surface area contributed by atoms with Gasteiger partial charge in [-0.2, -0.15) is 0 Å². The van der Waals surface area contributed by atoms with Crippen molar-refractivity contribution in [3.8, 4) is 28.7 Å². The first-order valence-electron chi connectivity index (χ1n) is 8.70. The van der Waals surface area contributed by atoms with Gasteiger partial charge in [-0.25, -0.2) is 0 Å². The Labute approximate surface area is 180 Å². The number of carbonyl (C=O) groups is 1. The van der Waals surface area contributed by atoms with Gasteiger partial charge in [0.25, 0.3) is 5.22 Å². The van der Waals surface area contributed by atoms with Crippen LogP contribution in [0.15, 0.2) is 50.5 Å². The van der Waals surface area contributed by atoms with E-state index in [-0.39, 0.29) is 11.5 Å². The number of hydrogen-bond acceptors (Lipinski definition) is 8. The standard InChI is InChI=1S/C20H19BrN2O5S/c1-4-27-18-16(25-2)9-13(10-17(18)26-3)19-22-23-20(28-19)29-11-15(24)12-5-7-14(21)8-6-12/h5-10H,4,11H2,1-3H3. The van der Waals surface area contributed by atoms with Crippen molar-refractivity contribution in [1.82, 2.24) is 10.2 Å². The molecule has 0 amide bonds. The number of hydrogen-bond donors (Lipinski definition) is 0. The summed E-state index contributed by atoms with van der Waals surface area (Å²) in [5, 5.41) is 8.39. The van der Waals surface area contributed by atoms with Crippen LogP contribution in [0, 0.1) is 0 Å². The molecule has 0 radical (unpaired) electrons. The maximum Gasteiger partial charge on any atom is 0.277 e. The quantitative estimate of drug-likeness (QED) is 0.317. The van der Waals surface area contributed by atoms with Crippen molar-refractivity contribution in [3.63, 3.8) is 0 Å². The van der Waals surface area contributed by atoms with Crippen LogP contribution < -0.4 is 14.2 Å². The van der Waals surface area contributed by atoms with Crippen molar-refractivity contribution >= 4 is 33.5 Å². The summed E-state index contributed by atoms with van der Waals surface area (Å²) in [5.41, 5.74) is 1.25. The Morgan fingerprint density at radius 1 is 1.10 bits per heavy atom. The van der Waals surface area contributed by atoms with Crippen LogP contribution in [-0.4, -0.2) is 42.6 Å². The zero-order valence-electron chi connectivity index (χ0n) is 16.1. The molecule has 1 aromatic heterocycles. The summed E-state index contributed by atoms with van der Waals surface area (Å²) in [6.07, 6.45) is 0. The van der Waals surface area contributed by atoms with Gasteiger partial charge in [-0.3, -0.25) is 4.79 Å². The van der Waals surface area contributed by atoms with Crippen molar-refractivity contribution in [2.75, 3.05) is 26.6 Å². The second kappa shape index (κ2) is 9.80. The third kappa shape index (κ3) is 5.10. The molecule has 9 heteroatoms. The van der Waals surface area contributed by atoms with Crippen LogP contribution in [-0.2, 0) is 0 Å². The number of nitrogens with zero attached hydrogens (tertiary/aromatic N) is 2. The van der Waals surface area contributed by atoms with E-state index in [1.165, 1.54) is 11.8 Å². The van der Waals surface area contributed by atoms with Gasteiger partial charge in [0.1, 0.15) is 0 Å². The molecule has 7 nitrogen and oxygen atoms in total. The highest BCUT2D eigenvalue weighted by Crippen LogP contribution is 2.41. The van der Waals surface area contributed by atoms with E-state index in [1.807, 2.05) is 19.1 Å². The SMILES string of the molecule is CCOc1c(OC)cc(-c2nnc(SCC(=O)c3ccc(Br)cc3)o2)cc1OC. The predicted octanol–water partition coefficient (Wildman–Crippen LogP) is 4.89. The smallest absolute Gasteiger partial charge is 0.277 e. The minimum Gasteiger partial charge on any atom is -0.493 e.